The molecule has 0 aromatic carbocycles. The van der Waals surface area contributed by atoms with Gasteiger partial charge in [-0.15, -0.1) is 0 Å². The van der Waals surface area contributed by atoms with Gasteiger partial charge in [0.25, 0.3) is 0 Å². The summed E-state index contributed by atoms with van der Waals surface area (Å²) in [5.74, 6) is 0.900. The Labute approximate surface area is 85.4 Å². The van der Waals surface area contributed by atoms with E-state index in [1.807, 2.05) is 6.92 Å². The predicted molar refractivity (Wildman–Crippen MR) is 53.0 cm³/mol. The van der Waals surface area contributed by atoms with E-state index >= 15 is 0 Å². The smallest absolute Gasteiger partial charge is 0.122 e. The molecular weight excluding hydrogens is 180 g/mol. The van der Waals surface area contributed by atoms with Crippen LogP contribution in [0.3, 0.4) is 0 Å². The summed E-state index contributed by atoms with van der Waals surface area (Å²) in [5, 5.41) is 9.87. The minimum absolute atomic E-state index is 0.319. The van der Waals surface area contributed by atoms with Crippen molar-refractivity contribution in [2.24, 2.45) is 11.8 Å². The summed E-state index contributed by atoms with van der Waals surface area (Å²) in [5.41, 5.74) is -0.831. The van der Waals surface area contributed by atoms with Crippen molar-refractivity contribution in [2.75, 3.05) is 13.2 Å². The molecule has 0 aliphatic carbocycles. The molecule has 0 amide bonds. The van der Waals surface area contributed by atoms with Gasteiger partial charge in [0, 0.05) is 5.92 Å². The molecule has 2 saturated heterocycles. The van der Waals surface area contributed by atoms with Gasteiger partial charge < -0.3 is 14.6 Å². The third-order valence-corrected chi connectivity index (χ3v) is 4.24. The zero-order valence-electron chi connectivity index (χ0n) is 9.41. The molecule has 1 N–H and O–H groups in total. The molecule has 14 heavy (non-hydrogen) atoms. The molecule has 0 aromatic rings. The average Bonchev–Trinajstić information content (AvgIpc) is 2.47. The molecule has 82 valence electrons. The summed E-state index contributed by atoms with van der Waals surface area (Å²) < 4.78 is 11.6. The van der Waals surface area contributed by atoms with Crippen molar-refractivity contribution in [3.8, 4) is 0 Å². The van der Waals surface area contributed by atoms with Crippen molar-refractivity contribution in [1.29, 1.82) is 0 Å². The van der Waals surface area contributed by atoms with Gasteiger partial charge in [0.2, 0.25) is 0 Å². The van der Waals surface area contributed by atoms with E-state index in [0.29, 0.717) is 25.0 Å². The Morgan fingerprint density at radius 3 is 2.29 bits per heavy atom. The van der Waals surface area contributed by atoms with Gasteiger partial charge >= 0.3 is 0 Å². The minimum atomic E-state index is -0.512. The summed E-state index contributed by atoms with van der Waals surface area (Å²) in [7, 11) is 0. The molecule has 0 radical (unpaired) electrons. The van der Waals surface area contributed by atoms with Crippen LogP contribution in [-0.4, -0.2) is 35.6 Å². The highest BCUT2D eigenvalue weighted by atomic mass is 16.6. The van der Waals surface area contributed by atoms with Crippen molar-refractivity contribution in [3.05, 3.63) is 0 Å². The number of aliphatic hydroxyl groups is 1. The number of hydrogen-bond acceptors (Lipinski definition) is 3. The second-order valence-electron chi connectivity index (χ2n) is 5.20. The van der Waals surface area contributed by atoms with Crippen molar-refractivity contribution in [2.45, 2.75) is 45.0 Å². The lowest BCUT2D eigenvalue weighted by molar-refractivity contribution is -0.100. The van der Waals surface area contributed by atoms with E-state index in [0.717, 1.165) is 0 Å². The first kappa shape index (κ1) is 10.4. The maximum atomic E-state index is 9.87. The Bertz CT molecular complexity index is 241. The lowest BCUT2D eigenvalue weighted by Crippen LogP contribution is -2.52. The van der Waals surface area contributed by atoms with Crippen LogP contribution in [0.5, 0.6) is 0 Å². The third kappa shape index (κ3) is 1.03. The molecule has 2 rings (SSSR count). The number of aliphatic hydroxyl groups excluding tert-OH is 1. The van der Waals surface area contributed by atoms with Crippen molar-refractivity contribution in [1.82, 2.24) is 0 Å². The molecule has 0 bridgehead atoms. The Balaban J connectivity index is 2.32. The molecule has 0 saturated carbocycles. The van der Waals surface area contributed by atoms with E-state index in [2.05, 4.69) is 20.8 Å². The lowest BCUT2D eigenvalue weighted by Gasteiger charge is -2.37. The van der Waals surface area contributed by atoms with Crippen LogP contribution in [-0.2, 0) is 9.47 Å². The fourth-order valence-electron chi connectivity index (χ4n) is 2.85. The second-order valence-corrected chi connectivity index (χ2v) is 5.20. The zero-order chi connectivity index (χ0) is 10.6. The maximum Gasteiger partial charge on any atom is 0.122 e. The van der Waals surface area contributed by atoms with Crippen LogP contribution in [0.15, 0.2) is 0 Å². The zero-order valence-corrected chi connectivity index (χ0v) is 9.41. The van der Waals surface area contributed by atoms with Crippen molar-refractivity contribution < 1.29 is 14.6 Å². The Hall–Kier alpha value is -0.120. The van der Waals surface area contributed by atoms with Gasteiger partial charge in [-0.3, -0.25) is 0 Å². The molecule has 0 aromatic heterocycles. The molecule has 2 heterocycles. The highest BCUT2D eigenvalue weighted by molar-refractivity contribution is 5.13. The van der Waals surface area contributed by atoms with Crippen molar-refractivity contribution in [3.63, 3.8) is 0 Å². The van der Waals surface area contributed by atoms with E-state index in [9.17, 15) is 5.11 Å². The molecule has 3 heteroatoms. The Kier molecular flexibility index (Phi) is 2.18. The van der Waals surface area contributed by atoms with Gasteiger partial charge in [0.05, 0.1) is 13.2 Å². The first-order valence-corrected chi connectivity index (χ1v) is 5.38. The molecular formula is C11H20O3. The number of rotatable bonds is 1. The quantitative estimate of drug-likeness (QED) is 0.691. The van der Waals surface area contributed by atoms with Crippen LogP contribution < -0.4 is 0 Å². The van der Waals surface area contributed by atoms with E-state index in [1.165, 1.54) is 0 Å². The molecule has 2 aliphatic heterocycles. The van der Waals surface area contributed by atoms with Crippen LogP contribution in [0.2, 0.25) is 0 Å². The molecule has 4 atom stereocenters. The van der Waals surface area contributed by atoms with Gasteiger partial charge in [-0.1, -0.05) is 13.8 Å². The normalized spacial score (nSPS) is 52.7. The first-order valence-electron chi connectivity index (χ1n) is 5.38. The van der Waals surface area contributed by atoms with Crippen LogP contribution >= 0.6 is 0 Å². The summed E-state index contributed by atoms with van der Waals surface area (Å²) in [6, 6.07) is 0. The Morgan fingerprint density at radius 2 is 1.71 bits per heavy atom. The van der Waals surface area contributed by atoms with Crippen LogP contribution in [0.1, 0.15) is 27.7 Å². The molecule has 2 aliphatic rings. The summed E-state index contributed by atoms with van der Waals surface area (Å²) in [6.07, 6.45) is -0.490. The number of fused-ring (bicyclic) bond motifs is 1. The standard InChI is InChI=1S/C11H20O3/c1-7(2)8-5-13-11(4)9(12)6-14-10(8,11)3/h7-9,12H,5-6H2,1-4H3/t8-,9-,10-,11-/m0/s1. The SMILES string of the molecule is CC(C)[C@@H]1CO[C@@]2(C)[C@@H](O)CO[C@@]12C. The number of ether oxygens (including phenoxy) is 2. The second kappa shape index (κ2) is 2.94. The van der Waals surface area contributed by atoms with Crippen LogP contribution in [0.25, 0.3) is 0 Å². The number of hydrogen-bond donors (Lipinski definition) is 1. The van der Waals surface area contributed by atoms with E-state index in [4.69, 9.17) is 9.47 Å². The molecule has 2 fully saturated rings. The maximum absolute atomic E-state index is 9.87. The summed E-state index contributed by atoms with van der Waals surface area (Å²) in [6.45, 7) is 9.49. The van der Waals surface area contributed by atoms with Crippen molar-refractivity contribution >= 4 is 0 Å². The van der Waals surface area contributed by atoms with E-state index < -0.39 is 11.7 Å². The van der Waals surface area contributed by atoms with E-state index in [-0.39, 0.29) is 5.60 Å². The van der Waals surface area contributed by atoms with Gasteiger partial charge in [-0.05, 0) is 19.8 Å². The summed E-state index contributed by atoms with van der Waals surface area (Å²) >= 11 is 0. The largest absolute Gasteiger partial charge is 0.388 e. The fraction of sp³-hybridized carbons (Fsp3) is 1.00. The minimum Gasteiger partial charge on any atom is -0.388 e. The molecule has 0 spiro atoms. The van der Waals surface area contributed by atoms with Crippen LogP contribution in [0.4, 0.5) is 0 Å². The lowest BCUT2D eigenvalue weighted by atomic mass is 9.74. The highest BCUT2D eigenvalue weighted by Gasteiger charge is 2.65. The first-order chi connectivity index (χ1) is 6.42. The molecule has 3 nitrogen and oxygen atoms in total. The highest BCUT2D eigenvalue weighted by Crippen LogP contribution is 2.51. The van der Waals surface area contributed by atoms with Gasteiger partial charge in [0.1, 0.15) is 17.3 Å². The third-order valence-electron chi connectivity index (χ3n) is 4.24. The Morgan fingerprint density at radius 1 is 1.14 bits per heavy atom. The molecule has 0 unspecified atom stereocenters. The topological polar surface area (TPSA) is 38.7 Å². The van der Waals surface area contributed by atoms with E-state index in [1.54, 1.807) is 0 Å². The fourth-order valence-corrected chi connectivity index (χ4v) is 2.85. The predicted octanol–water partition coefficient (Wildman–Crippen LogP) is 1.20. The monoisotopic (exact) mass is 200 g/mol. The van der Waals surface area contributed by atoms with Gasteiger partial charge in [-0.25, -0.2) is 0 Å². The average molecular weight is 200 g/mol. The van der Waals surface area contributed by atoms with Crippen LogP contribution in [0, 0.1) is 11.8 Å². The van der Waals surface area contributed by atoms with Gasteiger partial charge in [0.15, 0.2) is 0 Å². The van der Waals surface area contributed by atoms with Gasteiger partial charge in [-0.2, -0.15) is 0 Å². The summed E-state index contributed by atoms with van der Waals surface area (Å²) in [4.78, 5) is 0.